The van der Waals surface area contributed by atoms with Crippen LogP contribution in [-0.2, 0) is 0 Å². The summed E-state index contributed by atoms with van der Waals surface area (Å²) in [6.07, 6.45) is 0. The molecule has 0 unspecified atom stereocenters. The highest BCUT2D eigenvalue weighted by molar-refractivity contribution is 9.11. The van der Waals surface area contributed by atoms with E-state index in [1.54, 1.807) is 12.1 Å². The Labute approximate surface area is 119 Å². The van der Waals surface area contributed by atoms with Crippen LogP contribution >= 0.6 is 54.5 Å². The SMILES string of the molecule is O=c1oc(=O)c2cc(Br)sc2c2sc(Br)cc12. The third kappa shape index (κ3) is 1.81. The van der Waals surface area contributed by atoms with Gasteiger partial charge in [-0.1, -0.05) is 0 Å². The molecule has 0 atom stereocenters. The number of hydrogen-bond donors (Lipinski definition) is 0. The van der Waals surface area contributed by atoms with E-state index >= 15 is 0 Å². The van der Waals surface area contributed by atoms with E-state index in [0.29, 0.717) is 10.8 Å². The molecule has 3 nitrogen and oxygen atoms in total. The lowest BCUT2D eigenvalue weighted by molar-refractivity contribution is 0.491. The van der Waals surface area contributed by atoms with Crippen LogP contribution in [0.4, 0.5) is 0 Å². The van der Waals surface area contributed by atoms with E-state index in [4.69, 9.17) is 4.42 Å². The van der Waals surface area contributed by atoms with Crippen molar-refractivity contribution in [2.24, 2.45) is 0 Å². The van der Waals surface area contributed by atoms with E-state index in [2.05, 4.69) is 31.9 Å². The maximum absolute atomic E-state index is 11.7. The van der Waals surface area contributed by atoms with Crippen LogP contribution in [0.5, 0.6) is 0 Å². The zero-order valence-corrected chi connectivity index (χ0v) is 12.8. The summed E-state index contributed by atoms with van der Waals surface area (Å²) in [5, 5.41) is 0.867. The van der Waals surface area contributed by atoms with Crippen molar-refractivity contribution in [2.45, 2.75) is 0 Å². The molecule has 0 fully saturated rings. The summed E-state index contributed by atoms with van der Waals surface area (Å²) in [6.45, 7) is 0. The molecule has 3 aromatic rings. The first-order chi connectivity index (χ1) is 8.06. The summed E-state index contributed by atoms with van der Waals surface area (Å²) < 4.78 is 8.01. The molecule has 0 saturated carbocycles. The third-order valence-corrected chi connectivity index (χ3v) is 5.68. The summed E-state index contributed by atoms with van der Waals surface area (Å²) in [5.41, 5.74) is -1.18. The van der Waals surface area contributed by atoms with Gasteiger partial charge in [0.05, 0.1) is 27.7 Å². The van der Waals surface area contributed by atoms with Crippen LogP contribution in [0.25, 0.3) is 20.2 Å². The molecule has 0 bridgehead atoms. The first kappa shape index (κ1) is 11.6. The smallest absolute Gasteiger partial charge is 0.347 e. The standard InChI is InChI=1S/C10H2Br2O3S2/c11-5-1-3-7(16-5)8-4(2-6(12)17-8)10(14)15-9(3)13/h1-2H. The zero-order chi connectivity index (χ0) is 12.2. The molecule has 0 aliphatic carbocycles. The monoisotopic (exact) mass is 392 g/mol. The maximum Gasteiger partial charge on any atom is 0.347 e. The summed E-state index contributed by atoms with van der Waals surface area (Å²) in [7, 11) is 0. The Morgan fingerprint density at radius 2 is 1.29 bits per heavy atom. The molecule has 0 spiro atoms. The Morgan fingerprint density at radius 1 is 0.882 bits per heavy atom. The van der Waals surface area contributed by atoms with Crippen LogP contribution < -0.4 is 11.3 Å². The Hall–Kier alpha value is -0.500. The van der Waals surface area contributed by atoms with Crippen LogP contribution in [0, 0.1) is 0 Å². The largest absolute Gasteiger partial charge is 0.386 e. The Bertz CT molecular complexity index is 789. The second kappa shape index (κ2) is 4.01. The van der Waals surface area contributed by atoms with Crippen LogP contribution in [0.3, 0.4) is 0 Å². The zero-order valence-electron chi connectivity index (χ0n) is 7.95. The molecule has 0 amide bonds. The molecule has 3 heterocycles. The number of hydrogen-bond acceptors (Lipinski definition) is 5. The molecule has 3 aromatic heterocycles. The molecule has 7 heteroatoms. The van der Waals surface area contributed by atoms with Crippen molar-refractivity contribution in [3.63, 3.8) is 0 Å². The molecule has 3 rings (SSSR count). The highest BCUT2D eigenvalue weighted by atomic mass is 79.9. The predicted molar refractivity (Wildman–Crippen MR) is 77.4 cm³/mol. The molecular formula is C10H2Br2O3S2. The van der Waals surface area contributed by atoms with Crippen molar-refractivity contribution in [3.8, 4) is 0 Å². The second-order valence-corrected chi connectivity index (χ2v) is 8.13. The number of thiophene rings is 2. The van der Waals surface area contributed by atoms with Gasteiger partial charge in [0, 0.05) is 0 Å². The fourth-order valence-corrected chi connectivity index (χ4v) is 4.89. The van der Waals surface area contributed by atoms with Gasteiger partial charge in [-0.05, 0) is 44.0 Å². The first-order valence-corrected chi connectivity index (χ1v) is 7.63. The lowest BCUT2D eigenvalue weighted by atomic mass is 10.3. The molecule has 0 radical (unpaired) electrons. The number of fused-ring (bicyclic) bond motifs is 3. The molecule has 86 valence electrons. The van der Waals surface area contributed by atoms with Gasteiger partial charge in [-0.25, -0.2) is 9.59 Å². The van der Waals surface area contributed by atoms with Crippen LogP contribution in [0.1, 0.15) is 0 Å². The second-order valence-electron chi connectivity index (χ2n) is 3.26. The quantitative estimate of drug-likeness (QED) is 0.580. The van der Waals surface area contributed by atoms with Gasteiger partial charge in [0.1, 0.15) is 0 Å². The van der Waals surface area contributed by atoms with Gasteiger partial charge < -0.3 is 4.42 Å². The van der Waals surface area contributed by atoms with Crippen molar-refractivity contribution in [1.82, 2.24) is 0 Å². The minimum atomic E-state index is -0.591. The van der Waals surface area contributed by atoms with E-state index in [9.17, 15) is 9.59 Å². The molecule has 0 aromatic carbocycles. The lowest BCUT2D eigenvalue weighted by Gasteiger charge is -1.79. The van der Waals surface area contributed by atoms with Crippen molar-refractivity contribution >= 4 is 74.7 Å². The fourth-order valence-electron chi connectivity index (χ4n) is 1.56. The summed E-state index contributed by atoms with van der Waals surface area (Å²) in [6, 6.07) is 3.36. The van der Waals surface area contributed by atoms with Gasteiger partial charge in [-0.2, -0.15) is 0 Å². The van der Waals surface area contributed by atoms with Crippen molar-refractivity contribution in [2.75, 3.05) is 0 Å². The number of rotatable bonds is 0. The highest BCUT2D eigenvalue weighted by Crippen LogP contribution is 2.37. The highest BCUT2D eigenvalue weighted by Gasteiger charge is 2.13. The van der Waals surface area contributed by atoms with E-state index in [1.807, 2.05) is 0 Å². The van der Waals surface area contributed by atoms with E-state index in [0.717, 1.165) is 17.0 Å². The van der Waals surface area contributed by atoms with Gasteiger partial charge in [0.15, 0.2) is 0 Å². The normalized spacial score (nSPS) is 11.4. The van der Waals surface area contributed by atoms with E-state index < -0.39 is 11.3 Å². The average Bonchev–Trinajstić information content (AvgIpc) is 2.79. The van der Waals surface area contributed by atoms with Crippen molar-refractivity contribution in [1.29, 1.82) is 0 Å². The third-order valence-electron chi connectivity index (χ3n) is 2.24. The molecular weight excluding hydrogens is 392 g/mol. The molecule has 0 aliphatic heterocycles. The number of halogens is 2. The topological polar surface area (TPSA) is 47.3 Å². The van der Waals surface area contributed by atoms with Gasteiger partial charge in [-0.15, -0.1) is 22.7 Å². The average molecular weight is 394 g/mol. The summed E-state index contributed by atoms with van der Waals surface area (Å²) in [4.78, 5) is 23.4. The Balaban J connectivity index is 2.78. The van der Waals surface area contributed by atoms with Crippen LogP contribution in [0.15, 0.2) is 33.7 Å². The summed E-state index contributed by atoms with van der Waals surface area (Å²) in [5.74, 6) is 0. The van der Waals surface area contributed by atoms with Crippen molar-refractivity contribution < 1.29 is 4.42 Å². The van der Waals surface area contributed by atoms with Gasteiger partial charge in [-0.3, -0.25) is 0 Å². The van der Waals surface area contributed by atoms with Gasteiger partial charge >= 0.3 is 11.3 Å². The van der Waals surface area contributed by atoms with E-state index in [1.165, 1.54) is 22.7 Å². The first-order valence-electron chi connectivity index (χ1n) is 4.42. The minimum absolute atomic E-state index is 0.434. The molecule has 0 aliphatic rings. The maximum atomic E-state index is 11.7. The minimum Gasteiger partial charge on any atom is -0.386 e. The molecule has 0 saturated heterocycles. The molecule has 0 N–H and O–H groups in total. The van der Waals surface area contributed by atoms with Crippen LogP contribution in [-0.4, -0.2) is 0 Å². The van der Waals surface area contributed by atoms with Gasteiger partial charge in [0.2, 0.25) is 0 Å². The Kier molecular flexibility index (Phi) is 2.73. The van der Waals surface area contributed by atoms with Crippen molar-refractivity contribution in [3.05, 3.63) is 40.5 Å². The lowest BCUT2D eigenvalue weighted by Crippen LogP contribution is -2.03. The fraction of sp³-hybridized carbons (Fsp3) is 0. The Morgan fingerprint density at radius 3 is 1.71 bits per heavy atom. The summed E-state index contributed by atoms with van der Waals surface area (Å²) >= 11 is 9.51. The molecule has 17 heavy (non-hydrogen) atoms. The predicted octanol–water partition coefficient (Wildman–Crippen LogP) is 3.95. The van der Waals surface area contributed by atoms with E-state index in [-0.39, 0.29) is 0 Å². The van der Waals surface area contributed by atoms with Crippen LogP contribution in [0.2, 0.25) is 0 Å². The van der Waals surface area contributed by atoms with Gasteiger partial charge in [0.25, 0.3) is 0 Å².